The molecule has 4 nitrogen and oxygen atoms in total. The molecule has 3 rings (SSSR count). The van der Waals surface area contributed by atoms with Crippen LogP contribution in [0.15, 0.2) is 36.4 Å². The van der Waals surface area contributed by atoms with Gasteiger partial charge >= 0.3 is 5.97 Å². The molecule has 2 aromatic carbocycles. The molecular weight excluding hydrogens is 290 g/mol. The summed E-state index contributed by atoms with van der Waals surface area (Å²) in [6, 6.07) is 11.7. The normalized spacial score (nSPS) is 10.8. The number of fused-ring (bicyclic) bond motifs is 1. The number of rotatable bonds is 3. The number of aromatic amines is 1. The Bertz CT molecular complexity index is 876. The Hall–Kier alpha value is -2.75. The molecular formula is C19H19NO3. The number of ether oxygens (including phenoxy) is 2. The molecule has 1 heterocycles. The van der Waals surface area contributed by atoms with Crippen molar-refractivity contribution in [1.82, 2.24) is 4.98 Å². The van der Waals surface area contributed by atoms with Crippen molar-refractivity contribution in [3.05, 3.63) is 53.1 Å². The monoisotopic (exact) mass is 309 g/mol. The standard InChI is InChI=1S/C19H19NO3/c1-11-9-12(2)17-15(10-11)16(19(21)23-4)18(20-17)13-5-7-14(22-3)8-6-13/h5-10,20H,1-4H3. The van der Waals surface area contributed by atoms with E-state index in [1.165, 1.54) is 7.11 Å². The highest BCUT2D eigenvalue weighted by Crippen LogP contribution is 2.33. The van der Waals surface area contributed by atoms with Gasteiger partial charge in [-0.3, -0.25) is 0 Å². The predicted octanol–water partition coefficient (Wildman–Crippen LogP) is 4.25. The first-order chi connectivity index (χ1) is 11.0. The van der Waals surface area contributed by atoms with Crippen molar-refractivity contribution < 1.29 is 14.3 Å². The molecule has 0 unspecified atom stereocenters. The van der Waals surface area contributed by atoms with Crippen molar-refractivity contribution >= 4 is 16.9 Å². The summed E-state index contributed by atoms with van der Waals surface area (Å²) < 4.78 is 10.2. The average Bonchev–Trinajstić information content (AvgIpc) is 2.94. The molecule has 0 fully saturated rings. The van der Waals surface area contributed by atoms with E-state index in [2.05, 4.69) is 11.1 Å². The SMILES string of the molecule is COC(=O)c1c(-c2ccc(OC)cc2)[nH]c2c(C)cc(C)cc12. The van der Waals surface area contributed by atoms with Crippen molar-refractivity contribution in [3.8, 4) is 17.0 Å². The van der Waals surface area contributed by atoms with Gasteiger partial charge in [-0.15, -0.1) is 0 Å². The fourth-order valence-electron chi connectivity index (χ4n) is 2.94. The molecule has 0 saturated carbocycles. The predicted molar refractivity (Wildman–Crippen MR) is 91.1 cm³/mol. The van der Waals surface area contributed by atoms with E-state index in [1.54, 1.807) is 7.11 Å². The number of carbonyl (C=O) groups excluding carboxylic acids is 1. The summed E-state index contributed by atoms with van der Waals surface area (Å²) in [5.41, 5.74) is 5.43. The summed E-state index contributed by atoms with van der Waals surface area (Å²) in [6.07, 6.45) is 0. The smallest absolute Gasteiger partial charge is 0.340 e. The highest BCUT2D eigenvalue weighted by atomic mass is 16.5. The van der Waals surface area contributed by atoms with Crippen LogP contribution in [0.3, 0.4) is 0 Å². The Balaban J connectivity index is 2.30. The van der Waals surface area contributed by atoms with E-state index in [4.69, 9.17) is 9.47 Å². The molecule has 0 saturated heterocycles. The molecule has 118 valence electrons. The number of carbonyl (C=O) groups is 1. The number of hydrogen-bond donors (Lipinski definition) is 1. The van der Waals surface area contributed by atoms with E-state index in [0.29, 0.717) is 5.56 Å². The van der Waals surface area contributed by atoms with Crippen LogP contribution < -0.4 is 4.74 Å². The van der Waals surface area contributed by atoms with Gasteiger partial charge in [0, 0.05) is 10.9 Å². The number of H-pyrrole nitrogens is 1. The average molecular weight is 309 g/mol. The Labute approximate surface area is 135 Å². The van der Waals surface area contributed by atoms with Gasteiger partial charge in [-0.2, -0.15) is 0 Å². The van der Waals surface area contributed by atoms with Gasteiger partial charge in [0.15, 0.2) is 0 Å². The van der Waals surface area contributed by atoms with E-state index in [9.17, 15) is 4.79 Å². The van der Waals surface area contributed by atoms with Crippen molar-refractivity contribution in [2.45, 2.75) is 13.8 Å². The molecule has 4 heteroatoms. The zero-order valence-corrected chi connectivity index (χ0v) is 13.7. The van der Waals surface area contributed by atoms with Gasteiger partial charge in [0.25, 0.3) is 0 Å². The summed E-state index contributed by atoms with van der Waals surface area (Å²) in [5.74, 6) is 0.434. The third-order valence-electron chi connectivity index (χ3n) is 4.02. The largest absolute Gasteiger partial charge is 0.497 e. The van der Waals surface area contributed by atoms with Crippen LogP contribution in [0.25, 0.3) is 22.2 Å². The van der Waals surface area contributed by atoms with Crippen LogP contribution >= 0.6 is 0 Å². The topological polar surface area (TPSA) is 51.3 Å². The van der Waals surface area contributed by atoms with Crippen LogP contribution in [0.4, 0.5) is 0 Å². The van der Waals surface area contributed by atoms with Crippen molar-refractivity contribution in [2.24, 2.45) is 0 Å². The third-order valence-corrected chi connectivity index (χ3v) is 4.02. The molecule has 1 aromatic heterocycles. The molecule has 0 radical (unpaired) electrons. The van der Waals surface area contributed by atoms with Gasteiger partial charge in [-0.05, 0) is 55.3 Å². The zero-order valence-electron chi connectivity index (χ0n) is 13.7. The summed E-state index contributed by atoms with van der Waals surface area (Å²) in [6.45, 7) is 4.05. The lowest BCUT2D eigenvalue weighted by molar-refractivity contribution is 0.0604. The lowest BCUT2D eigenvalue weighted by Crippen LogP contribution is -2.02. The summed E-state index contributed by atoms with van der Waals surface area (Å²) in [7, 11) is 3.03. The number of methoxy groups -OCH3 is 2. The maximum atomic E-state index is 12.4. The molecule has 0 bridgehead atoms. The van der Waals surface area contributed by atoms with Crippen LogP contribution in [0.1, 0.15) is 21.5 Å². The van der Waals surface area contributed by atoms with Crippen LogP contribution in [-0.2, 0) is 4.74 Å². The summed E-state index contributed by atoms with van der Waals surface area (Å²) in [4.78, 5) is 15.7. The van der Waals surface area contributed by atoms with Crippen LogP contribution in [0, 0.1) is 13.8 Å². The summed E-state index contributed by atoms with van der Waals surface area (Å²) >= 11 is 0. The van der Waals surface area contributed by atoms with E-state index < -0.39 is 0 Å². The second kappa shape index (κ2) is 5.80. The van der Waals surface area contributed by atoms with Gasteiger partial charge in [0.2, 0.25) is 0 Å². The van der Waals surface area contributed by atoms with Gasteiger partial charge in [-0.25, -0.2) is 4.79 Å². The molecule has 0 atom stereocenters. The lowest BCUT2D eigenvalue weighted by atomic mass is 10.0. The first-order valence-corrected chi connectivity index (χ1v) is 7.40. The van der Waals surface area contributed by atoms with E-state index in [1.807, 2.05) is 44.2 Å². The first-order valence-electron chi connectivity index (χ1n) is 7.40. The zero-order chi connectivity index (χ0) is 16.6. The number of hydrogen-bond acceptors (Lipinski definition) is 3. The minimum atomic E-state index is -0.341. The number of aromatic nitrogens is 1. The van der Waals surface area contributed by atoms with Crippen LogP contribution in [0.5, 0.6) is 5.75 Å². The minimum Gasteiger partial charge on any atom is -0.497 e. The second-order valence-electron chi connectivity index (χ2n) is 5.60. The number of nitrogens with one attached hydrogen (secondary N) is 1. The quantitative estimate of drug-likeness (QED) is 0.736. The van der Waals surface area contributed by atoms with Gasteiger partial charge in [0.05, 0.1) is 25.5 Å². The highest BCUT2D eigenvalue weighted by molar-refractivity contribution is 6.10. The Kier molecular flexibility index (Phi) is 3.82. The van der Waals surface area contributed by atoms with Gasteiger partial charge in [-0.1, -0.05) is 11.6 Å². The van der Waals surface area contributed by atoms with Gasteiger partial charge < -0.3 is 14.5 Å². The van der Waals surface area contributed by atoms with E-state index in [0.717, 1.165) is 39.0 Å². The maximum absolute atomic E-state index is 12.4. The number of benzene rings is 2. The Morgan fingerprint density at radius 1 is 1.04 bits per heavy atom. The van der Waals surface area contributed by atoms with Crippen molar-refractivity contribution in [1.29, 1.82) is 0 Å². The van der Waals surface area contributed by atoms with E-state index >= 15 is 0 Å². The molecule has 0 aliphatic heterocycles. The fourth-order valence-corrected chi connectivity index (χ4v) is 2.94. The van der Waals surface area contributed by atoms with E-state index in [-0.39, 0.29) is 5.97 Å². The number of aryl methyl sites for hydroxylation is 2. The summed E-state index contributed by atoms with van der Waals surface area (Å²) in [5, 5.41) is 0.889. The highest BCUT2D eigenvalue weighted by Gasteiger charge is 2.21. The third kappa shape index (κ3) is 2.57. The Morgan fingerprint density at radius 2 is 1.74 bits per heavy atom. The minimum absolute atomic E-state index is 0.341. The molecule has 1 N–H and O–H groups in total. The van der Waals surface area contributed by atoms with Crippen molar-refractivity contribution in [3.63, 3.8) is 0 Å². The van der Waals surface area contributed by atoms with Crippen LogP contribution in [0.2, 0.25) is 0 Å². The molecule has 0 aliphatic rings. The molecule has 0 aliphatic carbocycles. The fraction of sp³-hybridized carbons (Fsp3) is 0.211. The molecule has 23 heavy (non-hydrogen) atoms. The number of esters is 1. The Morgan fingerprint density at radius 3 is 2.35 bits per heavy atom. The molecule has 3 aromatic rings. The van der Waals surface area contributed by atoms with Gasteiger partial charge in [0.1, 0.15) is 5.75 Å². The molecule has 0 amide bonds. The second-order valence-corrected chi connectivity index (χ2v) is 5.60. The van der Waals surface area contributed by atoms with Crippen molar-refractivity contribution in [2.75, 3.05) is 14.2 Å². The maximum Gasteiger partial charge on any atom is 0.340 e. The van der Waals surface area contributed by atoms with Crippen LogP contribution in [-0.4, -0.2) is 25.2 Å². The molecule has 0 spiro atoms. The lowest BCUT2D eigenvalue weighted by Gasteiger charge is -2.05. The first kappa shape index (κ1) is 15.2.